The lowest BCUT2D eigenvalue weighted by Crippen LogP contribution is -2.36. The maximum atomic E-state index is 9.38. The Kier molecular flexibility index (Phi) is 2.84. The molecule has 0 saturated carbocycles. The summed E-state index contributed by atoms with van der Waals surface area (Å²) in [6.07, 6.45) is 8.31. The van der Waals surface area contributed by atoms with Crippen LogP contribution in [0.1, 0.15) is 18.7 Å². The normalized spacial score (nSPS) is 17.5. The Morgan fingerprint density at radius 1 is 1.47 bits per heavy atom. The first-order valence-corrected chi connectivity index (χ1v) is 5.02. The summed E-state index contributed by atoms with van der Waals surface area (Å²) in [5, 5.41) is 9.38. The molecular weight excluding hydrogens is 190 g/mol. The second kappa shape index (κ2) is 4.28. The van der Waals surface area contributed by atoms with Gasteiger partial charge in [-0.25, -0.2) is 9.97 Å². The third-order valence-corrected chi connectivity index (χ3v) is 2.56. The van der Waals surface area contributed by atoms with Gasteiger partial charge in [-0.05, 0) is 24.8 Å². The SMILES string of the molecule is C#Cc1nccc(N2CCC(O)CC2)n1. The molecule has 0 amide bonds. The van der Waals surface area contributed by atoms with Crippen molar-refractivity contribution in [1.29, 1.82) is 0 Å². The van der Waals surface area contributed by atoms with E-state index in [4.69, 9.17) is 6.42 Å². The second-order valence-electron chi connectivity index (χ2n) is 3.60. The molecule has 1 aromatic heterocycles. The first-order chi connectivity index (χ1) is 7.29. The molecule has 0 atom stereocenters. The number of aliphatic hydroxyl groups is 1. The van der Waals surface area contributed by atoms with Crippen molar-refractivity contribution in [1.82, 2.24) is 9.97 Å². The molecule has 1 aliphatic rings. The number of hydrogen-bond acceptors (Lipinski definition) is 4. The molecule has 1 aliphatic heterocycles. The molecule has 0 bridgehead atoms. The fourth-order valence-electron chi connectivity index (χ4n) is 1.69. The van der Waals surface area contributed by atoms with Gasteiger partial charge in [0.05, 0.1) is 6.10 Å². The minimum Gasteiger partial charge on any atom is -0.393 e. The van der Waals surface area contributed by atoms with Gasteiger partial charge < -0.3 is 10.0 Å². The van der Waals surface area contributed by atoms with Gasteiger partial charge in [0.1, 0.15) is 5.82 Å². The van der Waals surface area contributed by atoms with Crippen molar-refractivity contribution in [3.8, 4) is 12.3 Å². The van der Waals surface area contributed by atoms with Crippen molar-refractivity contribution in [3.63, 3.8) is 0 Å². The highest BCUT2D eigenvalue weighted by molar-refractivity contribution is 5.39. The summed E-state index contributed by atoms with van der Waals surface area (Å²) in [5.74, 6) is 3.68. The number of nitrogens with zero attached hydrogens (tertiary/aromatic N) is 3. The summed E-state index contributed by atoms with van der Waals surface area (Å²) in [4.78, 5) is 10.3. The number of rotatable bonds is 1. The Morgan fingerprint density at radius 3 is 2.87 bits per heavy atom. The van der Waals surface area contributed by atoms with Crippen LogP contribution in [0.4, 0.5) is 5.82 Å². The maximum Gasteiger partial charge on any atom is 0.206 e. The van der Waals surface area contributed by atoms with Crippen LogP contribution in [0.25, 0.3) is 0 Å². The van der Waals surface area contributed by atoms with Crippen LogP contribution in [-0.4, -0.2) is 34.3 Å². The topological polar surface area (TPSA) is 49.2 Å². The van der Waals surface area contributed by atoms with Crippen molar-refractivity contribution in [2.24, 2.45) is 0 Å². The molecular formula is C11H13N3O. The van der Waals surface area contributed by atoms with Crippen LogP contribution in [0.3, 0.4) is 0 Å². The fraction of sp³-hybridized carbons (Fsp3) is 0.455. The smallest absolute Gasteiger partial charge is 0.206 e. The highest BCUT2D eigenvalue weighted by Crippen LogP contribution is 2.17. The standard InChI is InChI=1S/C11H13N3O/c1-2-10-12-6-3-11(13-10)14-7-4-9(15)5-8-14/h1,3,6,9,15H,4-5,7-8H2. The van der Waals surface area contributed by atoms with Gasteiger partial charge >= 0.3 is 0 Å². The Bertz CT molecular complexity index is 378. The van der Waals surface area contributed by atoms with E-state index >= 15 is 0 Å². The van der Waals surface area contributed by atoms with Crippen LogP contribution < -0.4 is 4.90 Å². The van der Waals surface area contributed by atoms with E-state index in [1.165, 1.54) is 0 Å². The van der Waals surface area contributed by atoms with Crippen molar-refractivity contribution in [2.75, 3.05) is 18.0 Å². The van der Waals surface area contributed by atoms with E-state index in [0.717, 1.165) is 31.7 Å². The van der Waals surface area contributed by atoms with Crippen LogP contribution in [0.2, 0.25) is 0 Å². The number of anilines is 1. The Hall–Kier alpha value is -1.60. The third-order valence-electron chi connectivity index (χ3n) is 2.56. The van der Waals surface area contributed by atoms with E-state index in [0.29, 0.717) is 5.82 Å². The van der Waals surface area contributed by atoms with Gasteiger partial charge in [-0.3, -0.25) is 0 Å². The summed E-state index contributed by atoms with van der Waals surface area (Å²) in [6.45, 7) is 1.64. The highest BCUT2D eigenvalue weighted by Gasteiger charge is 2.18. The average molecular weight is 203 g/mol. The van der Waals surface area contributed by atoms with E-state index in [9.17, 15) is 5.11 Å². The van der Waals surface area contributed by atoms with Crippen LogP contribution >= 0.6 is 0 Å². The Morgan fingerprint density at radius 2 is 2.20 bits per heavy atom. The van der Waals surface area contributed by atoms with Gasteiger partial charge in [-0.2, -0.15) is 0 Å². The summed E-state index contributed by atoms with van der Waals surface area (Å²) >= 11 is 0. The first-order valence-electron chi connectivity index (χ1n) is 5.02. The number of hydrogen-bond donors (Lipinski definition) is 1. The van der Waals surface area contributed by atoms with Gasteiger partial charge in [0.15, 0.2) is 0 Å². The van der Waals surface area contributed by atoms with E-state index in [1.54, 1.807) is 6.20 Å². The largest absolute Gasteiger partial charge is 0.393 e. The zero-order valence-electron chi connectivity index (χ0n) is 8.43. The first kappa shape index (κ1) is 9.94. The molecule has 0 aromatic carbocycles. The fourth-order valence-corrected chi connectivity index (χ4v) is 1.69. The molecule has 15 heavy (non-hydrogen) atoms. The minimum atomic E-state index is -0.171. The van der Waals surface area contributed by atoms with Crippen molar-refractivity contribution < 1.29 is 5.11 Å². The molecule has 1 N–H and O–H groups in total. The molecule has 2 heterocycles. The number of aliphatic hydroxyl groups excluding tert-OH is 1. The number of piperidine rings is 1. The molecule has 2 rings (SSSR count). The lowest BCUT2D eigenvalue weighted by Gasteiger charge is -2.30. The zero-order chi connectivity index (χ0) is 10.7. The summed E-state index contributed by atoms with van der Waals surface area (Å²) < 4.78 is 0. The van der Waals surface area contributed by atoms with Crippen molar-refractivity contribution in [3.05, 3.63) is 18.1 Å². The molecule has 0 aliphatic carbocycles. The van der Waals surface area contributed by atoms with E-state index in [2.05, 4.69) is 20.8 Å². The summed E-state index contributed by atoms with van der Waals surface area (Å²) in [7, 11) is 0. The molecule has 0 radical (unpaired) electrons. The molecule has 78 valence electrons. The monoisotopic (exact) mass is 203 g/mol. The zero-order valence-corrected chi connectivity index (χ0v) is 8.43. The number of aromatic nitrogens is 2. The Balaban J connectivity index is 2.12. The van der Waals surface area contributed by atoms with Crippen LogP contribution in [0.5, 0.6) is 0 Å². The molecule has 1 fully saturated rings. The summed E-state index contributed by atoms with van der Waals surface area (Å²) in [5.41, 5.74) is 0. The van der Waals surface area contributed by atoms with Crippen LogP contribution in [0, 0.1) is 12.3 Å². The van der Waals surface area contributed by atoms with Gasteiger partial charge in [0.25, 0.3) is 0 Å². The molecule has 1 aromatic rings. The average Bonchev–Trinajstić information content (AvgIpc) is 2.30. The molecule has 1 saturated heterocycles. The quantitative estimate of drug-likeness (QED) is 0.672. The van der Waals surface area contributed by atoms with Crippen molar-refractivity contribution >= 4 is 5.82 Å². The van der Waals surface area contributed by atoms with E-state index in [-0.39, 0.29) is 6.10 Å². The lowest BCUT2D eigenvalue weighted by molar-refractivity contribution is 0.145. The third kappa shape index (κ3) is 2.25. The number of terminal acetylenes is 1. The van der Waals surface area contributed by atoms with Gasteiger partial charge in [0.2, 0.25) is 5.82 Å². The van der Waals surface area contributed by atoms with Crippen molar-refractivity contribution in [2.45, 2.75) is 18.9 Å². The Labute approximate surface area is 89.0 Å². The maximum absolute atomic E-state index is 9.38. The van der Waals surface area contributed by atoms with Gasteiger partial charge in [-0.15, -0.1) is 6.42 Å². The minimum absolute atomic E-state index is 0.171. The van der Waals surface area contributed by atoms with Gasteiger partial charge in [-0.1, -0.05) is 0 Å². The molecule has 0 spiro atoms. The summed E-state index contributed by atoms with van der Waals surface area (Å²) in [6, 6.07) is 1.85. The second-order valence-corrected chi connectivity index (χ2v) is 3.60. The molecule has 4 nitrogen and oxygen atoms in total. The molecule has 0 unspecified atom stereocenters. The predicted molar refractivity (Wildman–Crippen MR) is 57.4 cm³/mol. The van der Waals surface area contributed by atoms with E-state index < -0.39 is 0 Å². The van der Waals surface area contributed by atoms with Crippen LogP contribution in [-0.2, 0) is 0 Å². The van der Waals surface area contributed by atoms with Crippen LogP contribution in [0.15, 0.2) is 12.3 Å². The molecule has 4 heteroatoms. The predicted octanol–water partition coefficient (Wildman–Crippen LogP) is 0.419. The lowest BCUT2D eigenvalue weighted by atomic mass is 10.1. The van der Waals surface area contributed by atoms with E-state index in [1.807, 2.05) is 6.07 Å². The van der Waals surface area contributed by atoms with Gasteiger partial charge in [0, 0.05) is 19.3 Å². The highest BCUT2D eigenvalue weighted by atomic mass is 16.3.